The van der Waals surface area contributed by atoms with Crippen LogP contribution in [0.5, 0.6) is 0 Å². The maximum absolute atomic E-state index is 12.2. The summed E-state index contributed by atoms with van der Waals surface area (Å²) < 4.78 is 0. The van der Waals surface area contributed by atoms with Gasteiger partial charge in [-0.25, -0.2) is 0 Å². The summed E-state index contributed by atoms with van der Waals surface area (Å²) in [6.07, 6.45) is 0. The molecule has 146 valence electrons. The molecule has 0 aliphatic carbocycles. The minimum absolute atomic E-state index is 0.238. The van der Waals surface area contributed by atoms with Crippen molar-refractivity contribution in [1.29, 1.82) is 0 Å². The van der Waals surface area contributed by atoms with Crippen molar-refractivity contribution in [2.75, 3.05) is 13.1 Å². The second-order valence-corrected chi connectivity index (χ2v) is 6.28. The Hall–Kier alpha value is -4.28. The van der Waals surface area contributed by atoms with E-state index >= 15 is 0 Å². The predicted molar refractivity (Wildman–Crippen MR) is 118 cm³/mol. The van der Waals surface area contributed by atoms with Crippen molar-refractivity contribution in [3.63, 3.8) is 0 Å². The highest BCUT2D eigenvalue weighted by Crippen LogP contribution is 2.04. The van der Waals surface area contributed by atoms with E-state index < -0.39 is 0 Å². The Morgan fingerprint density at radius 1 is 0.567 bits per heavy atom. The van der Waals surface area contributed by atoms with E-state index in [0.717, 1.165) is 11.1 Å². The lowest BCUT2D eigenvalue weighted by Gasteiger charge is -2.04. The van der Waals surface area contributed by atoms with E-state index in [1.165, 1.54) is 0 Å². The first-order valence-electron chi connectivity index (χ1n) is 9.47. The molecule has 2 amide bonds. The maximum Gasteiger partial charge on any atom is 0.252 e. The fourth-order valence-electron chi connectivity index (χ4n) is 2.56. The zero-order valence-electron chi connectivity index (χ0n) is 16.3. The molecule has 0 unspecified atom stereocenters. The highest BCUT2D eigenvalue weighted by molar-refractivity contribution is 5.97. The van der Waals surface area contributed by atoms with Crippen LogP contribution in [0, 0.1) is 23.7 Å². The average molecular weight is 392 g/mol. The van der Waals surface area contributed by atoms with Crippen molar-refractivity contribution in [2.24, 2.45) is 0 Å². The molecule has 3 aromatic carbocycles. The molecule has 0 bridgehead atoms. The molecule has 0 saturated carbocycles. The van der Waals surface area contributed by atoms with E-state index in [9.17, 15) is 9.59 Å². The lowest BCUT2D eigenvalue weighted by molar-refractivity contribution is 0.0947. The number of carbonyl (C=O) groups excluding carboxylic acids is 2. The Labute approximate surface area is 176 Å². The number of benzene rings is 3. The SMILES string of the molecule is O=C(NCC#Cc1ccccc1)c1ccc(C(=O)NCC#Cc2ccccc2)cc1. The van der Waals surface area contributed by atoms with Crippen LogP contribution in [0.4, 0.5) is 0 Å². The van der Waals surface area contributed by atoms with E-state index in [1.807, 2.05) is 60.7 Å². The molecule has 4 nitrogen and oxygen atoms in total. The van der Waals surface area contributed by atoms with Crippen LogP contribution in [-0.2, 0) is 0 Å². The number of carbonyl (C=O) groups is 2. The summed E-state index contributed by atoms with van der Waals surface area (Å²) >= 11 is 0. The quantitative estimate of drug-likeness (QED) is 0.670. The Kier molecular flexibility index (Phi) is 7.43. The minimum atomic E-state index is -0.238. The van der Waals surface area contributed by atoms with E-state index in [2.05, 4.69) is 34.3 Å². The molecular weight excluding hydrogens is 372 g/mol. The Bertz CT molecular complexity index is 1020. The summed E-state index contributed by atoms with van der Waals surface area (Å²) in [6, 6.07) is 25.6. The van der Waals surface area contributed by atoms with Crippen molar-refractivity contribution < 1.29 is 9.59 Å². The number of hydrogen-bond donors (Lipinski definition) is 2. The Morgan fingerprint density at radius 3 is 1.30 bits per heavy atom. The second kappa shape index (κ2) is 10.9. The lowest BCUT2D eigenvalue weighted by Crippen LogP contribution is -2.25. The predicted octanol–water partition coefficient (Wildman–Crippen LogP) is 3.25. The Morgan fingerprint density at radius 2 is 0.933 bits per heavy atom. The van der Waals surface area contributed by atoms with Crippen molar-refractivity contribution in [3.05, 3.63) is 107 Å². The van der Waals surface area contributed by atoms with Gasteiger partial charge in [-0.1, -0.05) is 60.1 Å². The van der Waals surface area contributed by atoms with Crippen LogP contribution in [0.1, 0.15) is 31.8 Å². The average Bonchev–Trinajstić information content (AvgIpc) is 2.81. The first-order valence-corrected chi connectivity index (χ1v) is 9.47. The van der Waals surface area contributed by atoms with Crippen LogP contribution in [0.2, 0.25) is 0 Å². The monoisotopic (exact) mass is 392 g/mol. The van der Waals surface area contributed by atoms with Gasteiger partial charge in [0.15, 0.2) is 0 Å². The zero-order chi connectivity index (χ0) is 21.0. The van der Waals surface area contributed by atoms with Crippen LogP contribution >= 0.6 is 0 Å². The van der Waals surface area contributed by atoms with Gasteiger partial charge in [0.2, 0.25) is 0 Å². The lowest BCUT2D eigenvalue weighted by atomic mass is 10.1. The molecule has 0 fully saturated rings. The molecule has 3 rings (SSSR count). The van der Waals surface area contributed by atoms with Crippen molar-refractivity contribution in [2.45, 2.75) is 0 Å². The molecule has 2 N–H and O–H groups in total. The number of hydrogen-bond acceptors (Lipinski definition) is 2. The van der Waals surface area contributed by atoms with Gasteiger partial charge in [-0.3, -0.25) is 9.59 Å². The molecule has 0 aliphatic rings. The molecule has 0 atom stereocenters. The topological polar surface area (TPSA) is 58.2 Å². The first-order chi connectivity index (χ1) is 14.7. The smallest absolute Gasteiger partial charge is 0.252 e. The van der Waals surface area contributed by atoms with Crippen LogP contribution in [0.3, 0.4) is 0 Å². The molecule has 0 saturated heterocycles. The van der Waals surface area contributed by atoms with E-state index in [0.29, 0.717) is 11.1 Å². The molecule has 0 spiro atoms. The van der Waals surface area contributed by atoms with Gasteiger partial charge in [-0.05, 0) is 48.5 Å². The summed E-state index contributed by atoms with van der Waals surface area (Å²) in [7, 11) is 0. The molecule has 3 aromatic rings. The van der Waals surface area contributed by atoms with Crippen LogP contribution in [-0.4, -0.2) is 24.9 Å². The summed E-state index contributed by atoms with van der Waals surface area (Å²) in [5.74, 6) is 11.3. The van der Waals surface area contributed by atoms with Crippen molar-refractivity contribution in [3.8, 4) is 23.7 Å². The van der Waals surface area contributed by atoms with Gasteiger partial charge in [-0.15, -0.1) is 0 Å². The fourth-order valence-corrected chi connectivity index (χ4v) is 2.56. The molecule has 30 heavy (non-hydrogen) atoms. The third kappa shape index (κ3) is 6.41. The summed E-state index contributed by atoms with van der Waals surface area (Å²) in [5.41, 5.74) is 2.74. The third-order valence-corrected chi connectivity index (χ3v) is 4.10. The highest BCUT2D eigenvalue weighted by Gasteiger charge is 2.07. The second-order valence-electron chi connectivity index (χ2n) is 6.28. The van der Waals surface area contributed by atoms with Gasteiger partial charge in [0, 0.05) is 22.3 Å². The van der Waals surface area contributed by atoms with Gasteiger partial charge in [0.05, 0.1) is 13.1 Å². The number of nitrogens with one attached hydrogen (secondary N) is 2. The van der Waals surface area contributed by atoms with E-state index in [1.54, 1.807) is 24.3 Å². The van der Waals surface area contributed by atoms with Crippen LogP contribution < -0.4 is 10.6 Å². The summed E-state index contributed by atoms with van der Waals surface area (Å²) in [5, 5.41) is 5.49. The fraction of sp³-hybridized carbons (Fsp3) is 0.0769. The van der Waals surface area contributed by atoms with Gasteiger partial charge < -0.3 is 10.6 Å². The Balaban J connectivity index is 1.46. The summed E-state index contributed by atoms with van der Waals surface area (Å²) in [6.45, 7) is 0.492. The standard InChI is InChI=1S/C26H20N2O2/c29-25(27-19-7-13-21-9-3-1-4-10-21)23-15-17-24(18-16-23)26(30)28-20-8-14-22-11-5-2-6-12-22/h1-6,9-12,15-18H,19-20H2,(H,27,29)(H,28,30). The third-order valence-electron chi connectivity index (χ3n) is 4.10. The van der Waals surface area contributed by atoms with E-state index in [4.69, 9.17) is 0 Å². The van der Waals surface area contributed by atoms with Gasteiger partial charge in [0.1, 0.15) is 0 Å². The molecule has 4 heteroatoms. The molecule has 0 aromatic heterocycles. The van der Waals surface area contributed by atoms with Gasteiger partial charge in [-0.2, -0.15) is 0 Å². The van der Waals surface area contributed by atoms with Crippen LogP contribution in [0.15, 0.2) is 84.9 Å². The largest absolute Gasteiger partial charge is 0.341 e. The molecule has 0 radical (unpaired) electrons. The van der Waals surface area contributed by atoms with E-state index in [-0.39, 0.29) is 24.9 Å². The molecular formula is C26H20N2O2. The minimum Gasteiger partial charge on any atom is -0.341 e. The van der Waals surface area contributed by atoms with Crippen molar-refractivity contribution in [1.82, 2.24) is 10.6 Å². The zero-order valence-corrected chi connectivity index (χ0v) is 16.3. The first kappa shape index (κ1) is 20.5. The van der Waals surface area contributed by atoms with Gasteiger partial charge >= 0.3 is 0 Å². The normalized spacial score (nSPS) is 9.33. The summed E-state index contributed by atoms with van der Waals surface area (Å²) in [4.78, 5) is 24.4. The van der Waals surface area contributed by atoms with Crippen molar-refractivity contribution >= 4 is 11.8 Å². The maximum atomic E-state index is 12.2. The number of rotatable bonds is 4. The molecule has 0 heterocycles. The highest BCUT2D eigenvalue weighted by atomic mass is 16.2. The number of amides is 2. The molecule has 0 aliphatic heterocycles. The van der Waals surface area contributed by atoms with Crippen LogP contribution in [0.25, 0.3) is 0 Å². The van der Waals surface area contributed by atoms with Gasteiger partial charge in [0.25, 0.3) is 11.8 Å².